The Balaban J connectivity index is 1.59. The molecule has 0 radical (unpaired) electrons. The molecule has 0 fully saturated rings. The molecule has 0 aliphatic rings. The van der Waals surface area contributed by atoms with E-state index in [4.69, 9.17) is 0 Å². The zero-order chi connectivity index (χ0) is 25.0. The molecule has 2 aromatic heterocycles. The van der Waals surface area contributed by atoms with Gasteiger partial charge >= 0.3 is 6.18 Å². The zero-order valence-electron chi connectivity index (χ0n) is 17.8. The summed E-state index contributed by atoms with van der Waals surface area (Å²) in [6.45, 7) is 0. The molecule has 0 aliphatic carbocycles. The summed E-state index contributed by atoms with van der Waals surface area (Å²) in [7, 11) is 0. The number of aromatic nitrogens is 3. The summed E-state index contributed by atoms with van der Waals surface area (Å²) in [5.41, 5.74) is -2.83. The molecule has 3 aromatic carbocycles. The molecule has 0 spiro atoms. The molecule has 0 aliphatic heterocycles. The Hall–Kier alpha value is -4.25. The van der Waals surface area contributed by atoms with Gasteiger partial charge in [0.15, 0.2) is 5.60 Å². The quantitative estimate of drug-likeness (QED) is 0.194. The average molecular weight is 484 g/mol. The summed E-state index contributed by atoms with van der Waals surface area (Å²) >= 11 is 0. The number of alkyl halides is 3. The van der Waals surface area contributed by atoms with Crippen molar-refractivity contribution >= 4 is 27.5 Å². The van der Waals surface area contributed by atoms with Gasteiger partial charge in [0, 0.05) is 29.5 Å². The third kappa shape index (κ3) is 3.69. The highest BCUT2D eigenvalue weighted by atomic mass is 19.4. The number of nitrogens with zero attached hydrogens (tertiary/aromatic N) is 3. The molecule has 5 rings (SSSR count). The number of halogens is 4. The van der Waals surface area contributed by atoms with Gasteiger partial charge in [0.2, 0.25) is 0 Å². The van der Waals surface area contributed by atoms with Gasteiger partial charge in [-0.3, -0.25) is 10.1 Å². The molecular formula is C24H16F4N4O3. The highest BCUT2D eigenvalue weighted by Gasteiger charge is 2.55. The van der Waals surface area contributed by atoms with E-state index in [1.807, 2.05) is 0 Å². The molecular weight excluding hydrogens is 468 g/mol. The smallest absolute Gasteiger partial charge is 0.376 e. The third-order valence-corrected chi connectivity index (χ3v) is 6.01. The number of nitrogens with one attached hydrogen (secondary N) is 1. The Bertz CT molecular complexity index is 1570. The minimum absolute atomic E-state index is 0.0747. The number of nitro groups is 1. The van der Waals surface area contributed by atoms with Crippen LogP contribution in [-0.2, 0) is 12.0 Å². The lowest BCUT2D eigenvalue weighted by Crippen LogP contribution is -2.44. The van der Waals surface area contributed by atoms with Crippen molar-refractivity contribution in [3.63, 3.8) is 0 Å². The molecule has 2 heterocycles. The summed E-state index contributed by atoms with van der Waals surface area (Å²) < 4.78 is 57.5. The van der Waals surface area contributed by atoms with Gasteiger partial charge in [0.1, 0.15) is 11.3 Å². The molecule has 0 amide bonds. The maximum Gasteiger partial charge on any atom is 0.421 e. The molecule has 35 heavy (non-hydrogen) atoms. The first-order chi connectivity index (χ1) is 16.6. The summed E-state index contributed by atoms with van der Waals surface area (Å²) in [6, 6.07) is 13.3. The topological polar surface area (TPSA) is 97.0 Å². The van der Waals surface area contributed by atoms with Gasteiger partial charge in [0.25, 0.3) is 5.69 Å². The number of aliphatic hydroxyl groups is 1. The van der Waals surface area contributed by atoms with Gasteiger partial charge in [-0.15, -0.1) is 0 Å². The number of hydrogen-bond acceptors (Lipinski definition) is 4. The Kier molecular flexibility index (Phi) is 5.09. The first-order valence-corrected chi connectivity index (χ1v) is 10.4. The van der Waals surface area contributed by atoms with Gasteiger partial charge in [0.05, 0.1) is 22.3 Å². The minimum atomic E-state index is -5.06. The van der Waals surface area contributed by atoms with Crippen molar-refractivity contribution in [1.29, 1.82) is 0 Å². The van der Waals surface area contributed by atoms with Crippen molar-refractivity contribution in [3.05, 3.63) is 100 Å². The van der Waals surface area contributed by atoms with E-state index in [0.717, 1.165) is 6.07 Å². The van der Waals surface area contributed by atoms with Crippen LogP contribution in [0.25, 0.3) is 27.5 Å². The summed E-state index contributed by atoms with van der Waals surface area (Å²) in [6.07, 6.45) is -3.33. The molecule has 2 N–H and O–H groups in total. The lowest BCUT2D eigenvalue weighted by Gasteiger charge is -2.31. The Morgan fingerprint density at radius 1 is 1.09 bits per heavy atom. The fourth-order valence-corrected chi connectivity index (χ4v) is 4.21. The first kappa shape index (κ1) is 22.5. The van der Waals surface area contributed by atoms with Crippen molar-refractivity contribution in [2.75, 3.05) is 0 Å². The van der Waals surface area contributed by atoms with Crippen LogP contribution >= 0.6 is 0 Å². The molecule has 11 heteroatoms. The molecule has 1 atom stereocenters. The maximum atomic E-state index is 14.3. The number of rotatable bonds is 5. The van der Waals surface area contributed by atoms with Crippen LogP contribution in [0.1, 0.15) is 11.1 Å². The highest BCUT2D eigenvalue weighted by Crippen LogP contribution is 2.43. The van der Waals surface area contributed by atoms with E-state index >= 15 is 0 Å². The molecule has 0 saturated carbocycles. The highest BCUT2D eigenvalue weighted by molar-refractivity contribution is 5.90. The predicted octanol–water partition coefficient (Wildman–Crippen LogP) is 5.55. The Morgan fingerprint density at radius 3 is 2.51 bits per heavy atom. The molecule has 5 aromatic rings. The van der Waals surface area contributed by atoms with E-state index < -0.39 is 34.5 Å². The Labute approximate surface area is 194 Å². The molecule has 1 unspecified atom stereocenters. The number of para-hydroxylation sites is 1. The van der Waals surface area contributed by atoms with E-state index in [-0.39, 0.29) is 22.2 Å². The molecule has 178 valence electrons. The van der Waals surface area contributed by atoms with Gasteiger partial charge < -0.3 is 10.1 Å². The SMILES string of the molecule is O=[N+]([O-])c1cccc2c(CC(O)(c3ccc4c(cnn4-c4ccc(F)cc4)c3)C(F)(F)F)c[nH]c12. The van der Waals surface area contributed by atoms with Crippen LogP contribution in [0.4, 0.5) is 23.2 Å². The normalized spacial score (nSPS) is 13.9. The number of hydrogen-bond donors (Lipinski definition) is 2. The largest absolute Gasteiger partial charge is 0.421 e. The van der Waals surface area contributed by atoms with Crippen LogP contribution in [0.2, 0.25) is 0 Å². The van der Waals surface area contributed by atoms with Crippen molar-refractivity contribution < 1.29 is 27.6 Å². The number of H-pyrrole nitrogens is 1. The van der Waals surface area contributed by atoms with Crippen molar-refractivity contribution in [2.24, 2.45) is 0 Å². The van der Waals surface area contributed by atoms with Crippen LogP contribution in [-0.4, -0.2) is 31.0 Å². The van der Waals surface area contributed by atoms with Crippen LogP contribution in [0.5, 0.6) is 0 Å². The van der Waals surface area contributed by atoms with Crippen LogP contribution < -0.4 is 0 Å². The fraction of sp³-hybridized carbons (Fsp3) is 0.125. The van der Waals surface area contributed by atoms with E-state index in [1.165, 1.54) is 71.7 Å². The number of fused-ring (bicyclic) bond motifs is 2. The maximum absolute atomic E-state index is 14.3. The monoisotopic (exact) mass is 484 g/mol. The zero-order valence-corrected chi connectivity index (χ0v) is 17.8. The lowest BCUT2D eigenvalue weighted by atomic mass is 9.86. The fourth-order valence-electron chi connectivity index (χ4n) is 4.21. The summed E-state index contributed by atoms with van der Waals surface area (Å²) in [4.78, 5) is 13.3. The van der Waals surface area contributed by atoms with Crippen molar-refractivity contribution in [2.45, 2.75) is 18.2 Å². The molecule has 0 bridgehead atoms. The number of non-ortho nitro benzene ring substituents is 1. The standard InChI is InChI=1S/C24H16F4N4O3/c25-17-5-7-18(8-6-17)31-20-9-4-16(10-14(20)13-30-31)23(33,24(26,27)28)11-15-12-29-22-19(15)2-1-3-21(22)32(34)35/h1-10,12-13,29,33H,11H2. The summed E-state index contributed by atoms with van der Waals surface area (Å²) in [5.74, 6) is -0.439. The number of aromatic amines is 1. The van der Waals surface area contributed by atoms with E-state index in [0.29, 0.717) is 16.6 Å². The average Bonchev–Trinajstić information content (AvgIpc) is 3.42. The van der Waals surface area contributed by atoms with Crippen molar-refractivity contribution in [3.8, 4) is 5.69 Å². The van der Waals surface area contributed by atoms with Gasteiger partial charge in [-0.2, -0.15) is 18.3 Å². The van der Waals surface area contributed by atoms with Gasteiger partial charge in [-0.05, 0) is 47.5 Å². The van der Waals surface area contributed by atoms with E-state index in [2.05, 4.69) is 10.1 Å². The van der Waals surface area contributed by atoms with Crippen LogP contribution in [0.15, 0.2) is 73.1 Å². The number of nitro benzene ring substituents is 1. The van der Waals surface area contributed by atoms with Crippen LogP contribution in [0.3, 0.4) is 0 Å². The minimum Gasteiger partial charge on any atom is -0.376 e. The second kappa shape index (κ2) is 7.91. The third-order valence-electron chi connectivity index (χ3n) is 6.01. The van der Waals surface area contributed by atoms with E-state index in [9.17, 15) is 32.8 Å². The van der Waals surface area contributed by atoms with Gasteiger partial charge in [-0.1, -0.05) is 18.2 Å². The van der Waals surface area contributed by atoms with Gasteiger partial charge in [-0.25, -0.2) is 9.07 Å². The number of benzene rings is 3. The van der Waals surface area contributed by atoms with Crippen molar-refractivity contribution in [1.82, 2.24) is 14.8 Å². The molecule has 0 saturated heterocycles. The second-order valence-electron chi connectivity index (χ2n) is 8.11. The first-order valence-electron chi connectivity index (χ1n) is 10.4. The lowest BCUT2D eigenvalue weighted by molar-refractivity contribution is -0.383. The van der Waals surface area contributed by atoms with Crippen LogP contribution in [0, 0.1) is 15.9 Å². The van der Waals surface area contributed by atoms with E-state index in [1.54, 1.807) is 0 Å². The second-order valence-corrected chi connectivity index (χ2v) is 8.11. The predicted molar refractivity (Wildman–Crippen MR) is 120 cm³/mol. The Morgan fingerprint density at radius 2 is 1.83 bits per heavy atom. The molecule has 7 nitrogen and oxygen atoms in total. The summed E-state index contributed by atoms with van der Waals surface area (Å²) in [5, 5.41) is 27.0.